The first-order valence-electron chi connectivity index (χ1n) is 5.33. The Morgan fingerprint density at radius 3 is 2.56 bits per heavy atom. The van der Waals surface area contributed by atoms with E-state index in [4.69, 9.17) is 9.84 Å². The van der Waals surface area contributed by atoms with Crippen LogP contribution in [0.25, 0.3) is 0 Å². The highest BCUT2D eigenvalue weighted by molar-refractivity contribution is 5.75. The Morgan fingerprint density at radius 1 is 1.44 bits per heavy atom. The van der Waals surface area contributed by atoms with Crippen molar-refractivity contribution in [3.8, 4) is 5.75 Å². The molecule has 1 saturated carbocycles. The van der Waals surface area contributed by atoms with Crippen molar-refractivity contribution in [2.75, 3.05) is 7.11 Å². The lowest BCUT2D eigenvalue weighted by atomic mass is 10.0. The monoisotopic (exact) mass is 260 g/mol. The van der Waals surface area contributed by atoms with Crippen LogP contribution in [0.3, 0.4) is 0 Å². The molecule has 0 saturated heterocycles. The van der Waals surface area contributed by atoms with Gasteiger partial charge in [-0.15, -0.1) is 0 Å². The van der Waals surface area contributed by atoms with E-state index in [1.54, 1.807) is 0 Å². The van der Waals surface area contributed by atoms with Crippen molar-refractivity contribution in [1.82, 2.24) is 0 Å². The third-order valence-electron chi connectivity index (χ3n) is 3.06. The van der Waals surface area contributed by atoms with Gasteiger partial charge in [-0.25, -0.2) is 0 Å². The van der Waals surface area contributed by atoms with Crippen molar-refractivity contribution >= 4 is 5.97 Å². The van der Waals surface area contributed by atoms with Gasteiger partial charge in [0.25, 0.3) is 0 Å². The van der Waals surface area contributed by atoms with Crippen LogP contribution < -0.4 is 4.74 Å². The minimum absolute atomic E-state index is 0.265. The van der Waals surface area contributed by atoms with Gasteiger partial charge in [0, 0.05) is 5.92 Å². The normalized spacial score (nSPS) is 22.7. The van der Waals surface area contributed by atoms with Gasteiger partial charge < -0.3 is 9.84 Å². The van der Waals surface area contributed by atoms with Crippen molar-refractivity contribution in [3.63, 3.8) is 0 Å². The summed E-state index contributed by atoms with van der Waals surface area (Å²) in [6, 6.07) is 3.69. The summed E-state index contributed by atoms with van der Waals surface area (Å²) in [5.41, 5.74) is -0.543. The number of alkyl halides is 3. The van der Waals surface area contributed by atoms with E-state index in [2.05, 4.69) is 0 Å². The fourth-order valence-electron chi connectivity index (χ4n) is 2.11. The van der Waals surface area contributed by atoms with Crippen molar-refractivity contribution in [3.05, 3.63) is 29.3 Å². The molecule has 2 rings (SSSR count). The zero-order chi connectivity index (χ0) is 13.5. The number of halogens is 3. The first kappa shape index (κ1) is 12.7. The molecule has 0 bridgehead atoms. The van der Waals surface area contributed by atoms with E-state index in [9.17, 15) is 18.0 Å². The molecule has 0 unspecified atom stereocenters. The first-order chi connectivity index (χ1) is 8.36. The third-order valence-corrected chi connectivity index (χ3v) is 3.06. The molecule has 1 aliphatic rings. The fourth-order valence-corrected chi connectivity index (χ4v) is 2.11. The maximum absolute atomic E-state index is 12.8. The molecule has 0 aromatic heterocycles. The summed E-state index contributed by atoms with van der Waals surface area (Å²) in [5.74, 6) is -2.25. The number of para-hydroxylation sites is 1. The molecule has 1 N–H and O–H groups in total. The lowest BCUT2D eigenvalue weighted by molar-refractivity contribution is -0.139. The largest absolute Gasteiger partial charge is 0.496 e. The molecule has 0 aliphatic heterocycles. The van der Waals surface area contributed by atoms with Crippen molar-refractivity contribution in [1.29, 1.82) is 0 Å². The van der Waals surface area contributed by atoms with Crippen LogP contribution in [-0.4, -0.2) is 18.2 Å². The van der Waals surface area contributed by atoms with Crippen molar-refractivity contribution < 1.29 is 27.8 Å². The highest BCUT2D eigenvalue weighted by atomic mass is 19.4. The minimum Gasteiger partial charge on any atom is -0.496 e. The first-order valence-corrected chi connectivity index (χ1v) is 5.33. The van der Waals surface area contributed by atoms with Crippen molar-refractivity contribution in [2.45, 2.75) is 18.5 Å². The van der Waals surface area contributed by atoms with Crippen LogP contribution >= 0.6 is 0 Å². The number of hydrogen-bond donors (Lipinski definition) is 1. The molecule has 1 aromatic rings. The van der Waals surface area contributed by atoms with E-state index in [1.165, 1.54) is 12.1 Å². The lowest BCUT2D eigenvalue weighted by Gasteiger charge is -2.15. The second-order valence-corrected chi connectivity index (χ2v) is 4.21. The van der Waals surface area contributed by atoms with Crippen LogP contribution in [0, 0.1) is 5.92 Å². The third kappa shape index (κ3) is 2.14. The lowest BCUT2D eigenvalue weighted by Crippen LogP contribution is -2.09. The molecule has 1 fully saturated rings. The minimum atomic E-state index is -4.50. The van der Waals surface area contributed by atoms with Crippen LogP contribution in [0.2, 0.25) is 0 Å². The number of ether oxygens (including phenoxy) is 1. The maximum Gasteiger partial charge on any atom is 0.419 e. The Kier molecular flexibility index (Phi) is 2.96. The van der Waals surface area contributed by atoms with Crippen LogP contribution in [0.1, 0.15) is 23.5 Å². The second kappa shape index (κ2) is 4.19. The van der Waals surface area contributed by atoms with E-state index in [0.717, 1.165) is 13.2 Å². The van der Waals surface area contributed by atoms with Gasteiger partial charge in [0.2, 0.25) is 0 Å². The Morgan fingerprint density at radius 2 is 2.11 bits per heavy atom. The molecular weight excluding hydrogens is 249 g/mol. The Hall–Kier alpha value is -1.72. The number of methoxy groups -OCH3 is 1. The smallest absolute Gasteiger partial charge is 0.419 e. The fraction of sp³-hybridized carbons (Fsp3) is 0.417. The average molecular weight is 260 g/mol. The Labute approximate surface area is 101 Å². The quantitative estimate of drug-likeness (QED) is 0.908. The predicted molar refractivity (Wildman–Crippen MR) is 56.5 cm³/mol. The summed E-state index contributed by atoms with van der Waals surface area (Å²) in [7, 11) is 1.16. The van der Waals surface area contributed by atoms with Gasteiger partial charge in [0.05, 0.1) is 18.6 Å². The average Bonchev–Trinajstić information content (AvgIpc) is 3.06. The SMILES string of the molecule is COc1c([C@@H]2C[C@H]2C(=O)O)cccc1C(F)(F)F. The number of carboxylic acid groups (broad SMARTS) is 1. The van der Waals surface area contributed by atoms with E-state index >= 15 is 0 Å². The summed E-state index contributed by atoms with van der Waals surface area (Å²) in [5, 5.41) is 8.81. The summed E-state index contributed by atoms with van der Waals surface area (Å²) in [6.45, 7) is 0. The number of hydrogen-bond acceptors (Lipinski definition) is 2. The highest BCUT2D eigenvalue weighted by Gasteiger charge is 2.47. The van der Waals surface area contributed by atoms with Crippen LogP contribution in [0.15, 0.2) is 18.2 Å². The van der Waals surface area contributed by atoms with Crippen LogP contribution in [0.5, 0.6) is 5.75 Å². The van der Waals surface area contributed by atoms with Gasteiger partial charge in [-0.1, -0.05) is 12.1 Å². The summed E-state index contributed by atoms with van der Waals surface area (Å²) in [4.78, 5) is 10.8. The van der Waals surface area contributed by atoms with Crippen molar-refractivity contribution in [2.24, 2.45) is 5.92 Å². The van der Waals surface area contributed by atoms with Gasteiger partial charge in [-0.2, -0.15) is 13.2 Å². The zero-order valence-electron chi connectivity index (χ0n) is 9.49. The van der Waals surface area contributed by atoms with E-state index in [-0.39, 0.29) is 11.7 Å². The van der Waals surface area contributed by atoms with Gasteiger partial charge in [-0.05, 0) is 18.1 Å². The van der Waals surface area contributed by atoms with E-state index < -0.39 is 23.6 Å². The van der Waals surface area contributed by atoms with Crippen LogP contribution in [0.4, 0.5) is 13.2 Å². The zero-order valence-corrected chi connectivity index (χ0v) is 9.49. The van der Waals surface area contributed by atoms with Gasteiger partial charge >= 0.3 is 12.1 Å². The summed E-state index contributed by atoms with van der Waals surface area (Å²) >= 11 is 0. The molecule has 6 heteroatoms. The summed E-state index contributed by atoms with van der Waals surface area (Å²) in [6.07, 6.45) is -4.15. The van der Waals surface area contributed by atoms with E-state index in [1.807, 2.05) is 0 Å². The molecule has 1 aromatic carbocycles. The molecule has 18 heavy (non-hydrogen) atoms. The molecule has 0 amide bonds. The molecular formula is C12H11F3O3. The number of benzene rings is 1. The molecule has 0 spiro atoms. The van der Waals surface area contributed by atoms with Gasteiger partial charge in [0.15, 0.2) is 0 Å². The number of rotatable bonds is 3. The van der Waals surface area contributed by atoms with E-state index in [0.29, 0.717) is 12.0 Å². The number of aliphatic carboxylic acids is 1. The Balaban J connectivity index is 2.41. The molecule has 0 radical (unpaired) electrons. The van der Waals surface area contributed by atoms with Crippen LogP contribution in [-0.2, 0) is 11.0 Å². The summed E-state index contributed by atoms with van der Waals surface area (Å²) < 4.78 is 43.1. The maximum atomic E-state index is 12.8. The van der Waals surface area contributed by atoms with Gasteiger partial charge in [-0.3, -0.25) is 4.79 Å². The molecule has 98 valence electrons. The number of carbonyl (C=O) groups is 1. The molecule has 1 aliphatic carbocycles. The molecule has 0 heterocycles. The second-order valence-electron chi connectivity index (χ2n) is 4.21. The Bertz CT molecular complexity index is 482. The molecule has 2 atom stereocenters. The standard InChI is InChI=1S/C12H11F3O3/c1-18-10-6(7-5-8(7)11(16)17)3-2-4-9(10)12(13,14)15/h2-4,7-8H,5H2,1H3,(H,16,17)/t7-,8+/m0/s1. The predicted octanol–water partition coefficient (Wildman–Crippen LogP) is 2.90. The molecule has 3 nitrogen and oxygen atoms in total. The van der Waals surface area contributed by atoms with Gasteiger partial charge in [0.1, 0.15) is 5.75 Å². The highest BCUT2D eigenvalue weighted by Crippen LogP contribution is 2.52. The number of carboxylic acids is 1. The topological polar surface area (TPSA) is 46.5 Å².